The predicted molar refractivity (Wildman–Crippen MR) is 109 cm³/mol. The number of carbonyl (C=O) groups is 1. The van der Waals surface area contributed by atoms with Crippen molar-refractivity contribution in [3.05, 3.63) is 95.6 Å². The average Bonchev–Trinajstić information content (AvgIpc) is 2.76. The summed E-state index contributed by atoms with van der Waals surface area (Å²) in [5.74, 6) is 1.37. The molecular formula is C23H24N2O3. The number of amides is 1. The Morgan fingerprint density at radius 2 is 1.39 bits per heavy atom. The minimum Gasteiger partial charge on any atom is -0.489 e. The van der Waals surface area contributed by atoms with Crippen molar-refractivity contribution in [1.29, 1.82) is 0 Å². The van der Waals surface area contributed by atoms with Crippen LogP contribution >= 0.6 is 0 Å². The standard InChI is InChI=1S/C23H24N2O3/c24-13-14-25-23(26)20-11-9-19(10-12-20)17-28-22-8-4-7-21(15-22)27-16-18-5-2-1-3-6-18/h1-12,15H,13-14,16-17,24H2,(H,25,26). The van der Waals surface area contributed by atoms with Crippen LogP contribution in [-0.4, -0.2) is 19.0 Å². The smallest absolute Gasteiger partial charge is 0.251 e. The molecule has 5 heteroatoms. The summed E-state index contributed by atoms with van der Waals surface area (Å²) >= 11 is 0. The highest BCUT2D eigenvalue weighted by Gasteiger charge is 2.05. The molecule has 28 heavy (non-hydrogen) atoms. The second kappa shape index (κ2) is 10.1. The van der Waals surface area contributed by atoms with Crippen LogP contribution < -0.4 is 20.5 Å². The van der Waals surface area contributed by atoms with Crippen LogP contribution in [0.3, 0.4) is 0 Å². The Bertz CT molecular complexity index is 880. The fourth-order valence-electron chi connectivity index (χ4n) is 2.60. The van der Waals surface area contributed by atoms with Crippen LogP contribution in [-0.2, 0) is 13.2 Å². The summed E-state index contributed by atoms with van der Waals surface area (Å²) in [7, 11) is 0. The predicted octanol–water partition coefficient (Wildman–Crippen LogP) is 3.53. The van der Waals surface area contributed by atoms with Gasteiger partial charge in [-0.15, -0.1) is 0 Å². The molecule has 3 aromatic rings. The molecule has 0 bridgehead atoms. The molecule has 0 aliphatic carbocycles. The van der Waals surface area contributed by atoms with Crippen LogP contribution in [0.25, 0.3) is 0 Å². The number of hydrogen-bond donors (Lipinski definition) is 2. The van der Waals surface area contributed by atoms with Crippen LogP contribution in [0.15, 0.2) is 78.9 Å². The summed E-state index contributed by atoms with van der Waals surface area (Å²) in [6, 6.07) is 24.9. The van der Waals surface area contributed by atoms with Gasteiger partial charge in [-0.05, 0) is 35.4 Å². The van der Waals surface area contributed by atoms with Gasteiger partial charge in [0, 0.05) is 24.7 Å². The van der Waals surface area contributed by atoms with E-state index in [2.05, 4.69) is 5.32 Å². The van der Waals surface area contributed by atoms with E-state index >= 15 is 0 Å². The molecule has 1 amide bonds. The first-order valence-electron chi connectivity index (χ1n) is 9.21. The highest BCUT2D eigenvalue weighted by atomic mass is 16.5. The van der Waals surface area contributed by atoms with E-state index in [-0.39, 0.29) is 5.91 Å². The van der Waals surface area contributed by atoms with Gasteiger partial charge in [0.25, 0.3) is 5.91 Å². The van der Waals surface area contributed by atoms with E-state index in [1.165, 1.54) is 0 Å². The van der Waals surface area contributed by atoms with Crippen molar-refractivity contribution < 1.29 is 14.3 Å². The lowest BCUT2D eigenvalue weighted by Gasteiger charge is -2.10. The van der Waals surface area contributed by atoms with E-state index in [1.54, 1.807) is 12.1 Å². The fourth-order valence-corrected chi connectivity index (χ4v) is 2.60. The van der Waals surface area contributed by atoms with Crippen molar-refractivity contribution >= 4 is 5.91 Å². The van der Waals surface area contributed by atoms with Crippen molar-refractivity contribution in [2.75, 3.05) is 13.1 Å². The summed E-state index contributed by atoms with van der Waals surface area (Å²) in [6.45, 7) is 1.81. The molecule has 0 aliphatic heterocycles. The molecular weight excluding hydrogens is 352 g/mol. The highest BCUT2D eigenvalue weighted by molar-refractivity contribution is 5.94. The normalized spacial score (nSPS) is 10.3. The minimum absolute atomic E-state index is 0.124. The number of nitrogens with one attached hydrogen (secondary N) is 1. The van der Waals surface area contributed by atoms with Gasteiger partial charge in [0.2, 0.25) is 0 Å². The fraction of sp³-hybridized carbons (Fsp3) is 0.174. The zero-order valence-corrected chi connectivity index (χ0v) is 15.6. The van der Waals surface area contributed by atoms with E-state index in [0.29, 0.717) is 31.9 Å². The molecule has 0 unspecified atom stereocenters. The molecule has 0 radical (unpaired) electrons. The van der Waals surface area contributed by atoms with Crippen molar-refractivity contribution in [3.63, 3.8) is 0 Å². The highest BCUT2D eigenvalue weighted by Crippen LogP contribution is 2.21. The first kappa shape index (κ1) is 19.5. The summed E-state index contributed by atoms with van der Waals surface area (Å²) in [5, 5.41) is 2.75. The quantitative estimate of drug-likeness (QED) is 0.599. The summed E-state index contributed by atoms with van der Waals surface area (Å²) < 4.78 is 11.7. The van der Waals surface area contributed by atoms with Crippen LogP contribution in [0.5, 0.6) is 11.5 Å². The second-order valence-electron chi connectivity index (χ2n) is 6.28. The molecule has 5 nitrogen and oxygen atoms in total. The van der Waals surface area contributed by atoms with E-state index < -0.39 is 0 Å². The van der Waals surface area contributed by atoms with Gasteiger partial charge in [-0.25, -0.2) is 0 Å². The Hall–Kier alpha value is -3.31. The molecule has 0 aromatic heterocycles. The maximum Gasteiger partial charge on any atom is 0.251 e. The Balaban J connectivity index is 1.52. The Labute approximate surface area is 165 Å². The van der Waals surface area contributed by atoms with E-state index in [9.17, 15) is 4.79 Å². The number of rotatable bonds is 9. The lowest BCUT2D eigenvalue weighted by atomic mass is 10.1. The number of hydrogen-bond acceptors (Lipinski definition) is 4. The van der Waals surface area contributed by atoms with Crippen molar-refractivity contribution in [3.8, 4) is 11.5 Å². The molecule has 0 fully saturated rings. The van der Waals surface area contributed by atoms with Gasteiger partial charge in [-0.3, -0.25) is 4.79 Å². The SMILES string of the molecule is NCCNC(=O)c1ccc(COc2cccc(OCc3ccccc3)c2)cc1. The molecule has 0 saturated heterocycles. The average molecular weight is 376 g/mol. The lowest BCUT2D eigenvalue weighted by Crippen LogP contribution is -2.28. The second-order valence-corrected chi connectivity index (χ2v) is 6.28. The molecule has 0 aliphatic rings. The number of benzene rings is 3. The molecule has 0 spiro atoms. The molecule has 3 N–H and O–H groups in total. The van der Waals surface area contributed by atoms with E-state index in [4.69, 9.17) is 15.2 Å². The van der Waals surface area contributed by atoms with Gasteiger partial charge in [-0.2, -0.15) is 0 Å². The Morgan fingerprint density at radius 3 is 2.00 bits per heavy atom. The number of ether oxygens (including phenoxy) is 2. The Kier molecular flexibility index (Phi) is 7.04. The zero-order valence-electron chi connectivity index (χ0n) is 15.6. The number of nitrogens with two attached hydrogens (primary N) is 1. The Morgan fingerprint density at radius 1 is 0.786 bits per heavy atom. The summed E-state index contributed by atoms with van der Waals surface area (Å²) in [4.78, 5) is 11.9. The molecule has 0 saturated carbocycles. The van der Waals surface area contributed by atoms with Gasteiger partial charge in [0.1, 0.15) is 24.7 Å². The molecule has 144 valence electrons. The topological polar surface area (TPSA) is 73.6 Å². The minimum atomic E-state index is -0.124. The summed E-state index contributed by atoms with van der Waals surface area (Å²) in [5.41, 5.74) is 8.09. The van der Waals surface area contributed by atoms with Crippen molar-refractivity contribution in [2.45, 2.75) is 13.2 Å². The van der Waals surface area contributed by atoms with Crippen molar-refractivity contribution in [1.82, 2.24) is 5.32 Å². The molecule has 3 rings (SSSR count). The first-order chi connectivity index (χ1) is 13.7. The van der Waals surface area contributed by atoms with Gasteiger partial charge in [0.15, 0.2) is 0 Å². The number of carbonyl (C=O) groups excluding carboxylic acids is 1. The largest absolute Gasteiger partial charge is 0.489 e. The van der Waals surface area contributed by atoms with Crippen LogP contribution in [0, 0.1) is 0 Å². The summed E-state index contributed by atoms with van der Waals surface area (Å²) in [6.07, 6.45) is 0. The third kappa shape index (κ3) is 5.86. The lowest BCUT2D eigenvalue weighted by molar-refractivity contribution is 0.0954. The van der Waals surface area contributed by atoms with E-state index in [1.807, 2.05) is 66.7 Å². The van der Waals surface area contributed by atoms with Gasteiger partial charge in [0.05, 0.1) is 0 Å². The van der Waals surface area contributed by atoms with Crippen LogP contribution in [0.1, 0.15) is 21.5 Å². The molecule has 3 aromatic carbocycles. The van der Waals surface area contributed by atoms with Crippen LogP contribution in [0.4, 0.5) is 0 Å². The maximum atomic E-state index is 11.9. The monoisotopic (exact) mass is 376 g/mol. The van der Waals surface area contributed by atoms with E-state index in [0.717, 1.165) is 22.6 Å². The van der Waals surface area contributed by atoms with Gasteiger partial charge < -0.3 is 20.5 Å². The third-order valence-corrected chi connectivity index (χ3v) is 4.11. The van der Waals surface area contributed by atoms with Crippen LogP contribution in [0.2, 0.25) is 0 Å². The molecule has 0 atom stereocenters. The van der Waals surface area contributed by atoms with Gasteiger partial charge in [-0.1, -0.05) is 48.5 Å². The first-order valence-corrected chi connectivity index (χ1v) is 9.21. The van der Waals surface area contributed by atoms with Gasteiger partial charge >= 0.3 is 0 Å². The zero-order chi connectivity index (χ0) is 19.6. The van der Waals surface area contributed by atoms with Crippen molar-refractivity contribution in [2.24, 2.45) is 5.73 Å². The third-order valence-electron chi connectivity index (χ3n) is 4.11. The maximum absolute atomic E-state index is 11.9. The molecule has 0 heterocycles.